The van der Waals surface area contributed by atoms with Crippen molar-refractivity contribution in [2.75, 3.05) is 36.9 Å². The van der Waals surface area contributed by atoms with Crippen LogP contribution in [-0.4, -0.2) is 63.7 Å². The van der Waals surface area contributed by atoms with Gasteiger partial charge in [0.05, 0.1) is 22.0 Å². The third-order valence-corrected chi connectivity index (χ3v) is 8.45. The van der Waals surface area contributed by atoms with Gasteiger partial charge in [-0.2, -0.15) is 0 Å². The number of fused-ring (bicyclic) bond motifs is 1. The molecule has 0 saturated heterocycles. The minimum absolute atomic E-state index is 0.0383. The first-order valence-corrected chi connectivity index (χ1v) is 16.0. The van der Waals surface area contributed by atoms with Gasteiger partial charge < -0.3 is 19.7 Å². The molecule has 40 heavy (non-hydrogen) atoms. The van der Waals surface area contributed by atoms with Crippen LogP contribution in [0.2, 0.25) is 10.0 Å². The monoisotopic (exact) mass is 613 g/mol. The number of nitrogens with one attached hydrogen (secondary N) is 1. The molecular formula is C28H37Cl2N3O6S. The van der Waals surface area contributed by atoms with Crippen molar-refractivity contribution in [1.29, 1.82) is 0 Å². The number of sulfonamides is 1. The van der Waals surface area contributed by atoms with E-state index in [1.807, 2.05) is 13.8 Å². The second-order valence-electron chi connectivity index (χ2n) is 9.61. The zero-order valence-corrected chi connectivity index (χ0v) is 25.4. The lowest BCUT2D eigenvalue weighted by Crippen LogP contribution is -2.49. The van der Waals surface area contributed by atoms with Gasteiger partial charge in [0.25, 0.3) is 0 Å². The maximum atomic E-state index is 13.6. The summed E-state index contributed by atoms with van der Waals surface area (Å²) in [5.41, 5.74) is 1.16. The number of halogens is 2. The standard InChI is InChI=1S/C28H37Cl2N3O6S/c1-4-6-13-31-28(35)24(5-2)32(19-20-9-11-22(29)23(30)17-20)27(34)8-7-14-33(40(3,36)37)21-10-12-25-26(18-21)39-16-15-38-25/h9-12,17-18,24H,4-8,13-16,19H2,1-3H3,(H,31,35)/t24-/m0/s1. The third-order valence-electron chi connectivity index (χ3n) is 6.52. The van der Waals surface area contributed by atoms with Crippen molar-refractivity contribution >= 4 is 50.7 Å². The molecule has 3 rings (SSSR count). The fourth-order valence-electron chi connectivity index (χ4n) is 4.45. The molecule has 0 saturated carbocycles. The summed E-state index contributed by atoms with van der Waals surface area (Å²) < 4.78 is 37.7. The average molecular weight is 615 g/mol. The average Bonchev–Trinajstić information content (AvgIpc) is 2.92. The Hall–Kier alpha value is -2.69. The van der Waals surface area contributed by atoms with E-state index in [-0.39, 0.29) is 37.7 Å². The summed E-state index contributed by atoms with van der Waals surface area (Å²) in [6.45, 7) is 5.46. The number of carbonyl (C=O) groups is 2. The number of hydrogen-bond donors (Lipinski definition) is 1. The molecule has 9 nitrogen and oxygen atoms in total. The number of anilines is 1. The molecule has 1 aliphatic rings. The quantitative estimate of drug-likeness (QED) is 0.299. The van der Waals surface area contributed by atoms with Gasteiger partial charge in [-0.1, -0.05) is 49.5 Å². The molecule has 0 fully saturated rings. The first-order chi connectivity index (χ1) is 19.0. The number of benzene rings is 2. The molecule has 0 bridgehead atoms. The molecule has 1 heterocycles. The fraction of sp³-hybridized carbons (Fsp3) is 0.500. The molecule has 0 unspecified atom stereocenters. The van der Waals surface area contributed by atoms with Crippen LogP contribution >= 0.6 is 23.2 Å². The Kier molecular flexibility index (Phi) is 11.8. The van der Waals surface area contributed by atoms with E-state index in [4.69, 9.17) is 32.7 Å². The Morgan fingerprint density at radius 3 is 2.38 bits per heavy atom. The molecule has 2 aromatic carbocycles. The van der Waals surface area contributed by atoms with Crippen molar-refractivity contribution < 1.29 is 27.5 Å². The topological polar surface area (TPSA) is 105 Å². The minimum atomic E-state index is -3.65. The molecular weight excluding hydrogens is 577 g/mol. The van der Waals surface area contributed by atoms with Crippen molar-refractivity contribution in [3.8, 4) is 11.5 Å². The third kappa shape index (κ3) is 8.65. The van der Waals surface area contributed by atoms with Gasteiger partial charge in [-0.15, -0.1) is 0 Å². The summed E-state index contributed by atoms with van der Waals surface area (Å²) >= 11 is 12.3. The van der Waals surface area contributed by atoms with Gasteiger partial charge in [0.2, 0.25) is 21.8 Å². The van der Waals surface area contributed by atoms with E-state index >= 15 is 0 Å². The van der Waals surface area contributed by atoms with Crippen molar-refractivity contribution in [3.05, 3.63) is 52.0 Å². The number of amides is 2. The van der Waals surface area contributed by atoms with E-state index in [0.29, 0.717) is 53.4 Å². The Balaban J connectivity index is 1.77. The Morgan fingerprint density at radius 2 is 1.73 bits per heavy atom. The van der Waals surface area contributed by atoms with E-state index in [9.17, 15) is 18.0 Å². The van der Waals surface area contributed by atoms with Crippen LogP contribution in [0.15, 0.2) is 36.4 Å². The summed E-state index contributed by atoms with van der Waals surface area (Å²) in [7, 11) is -3.65. The van der Waals surface area contributed by atoms with Crippen LogP contribution in [0, 0.1) is 0 Å². The molecule has 220 valence electrons. The zero-order chi connectivity index (χ0) is 29.3. The molecule has 0 radical (unpaired) electrons. The van der Waals surface area contributed by atoms with Gasteiger partial charge in [-0.05, 0) is 49.1 Å². The molecule has 1 atom stereocenters. The van der Waals surface area contributed by atoms with Crippen LogP contribution < -0.4 is 19.1 Å². The lowest BCUT2D eigenvalue weighted by atomic mass is 10.1. The largest absolute Gasteiger partial charge is 0.486 e. The highest BCUT2D eigenvalue weighted by Gasteiger charge is 2.29. The van der Waals surface area contributed by atoms with Gasteiger partial charge in [0, 0.05) is 32.1 Å². The van der Waals surface area contributed by atoms with Gasteiger partial charge in [0.15, 0.2) is 11.5 Å². The molecule has 0 spiro atoms. The van der Waals surface area contributed by atoms with Crippen molar-refractivity contribution in [3.63, 3.8) is 0 Å². The summed E-state index contributed by atoms with van der Waals surface area (Å²) in [6.07, 6.45) is 3.59. The lowest BCUT2D eigenvalue weighted by Gasteiger charge is -2.31. The van der Waals surface area contributed by atoms with Gasteiger partial charge in [-0.25, -0.2) is 8.42 Å². The SMILES string of the molecule is CCCCNC(=O)[C@H](CC)N(Cc1ccc(Cl)c(Cl)c1)C(=O)CCCN(c1ccc2c(c1)OCCO2)S(C)(=O)=O. The number of rotatable bonds is 14. The van der Waals surface area contributed by atoms with Crippen molar-refractivity contribution in [1.82, 2.24) is 10.2 Å². The lowest BCUT2D eigenvalue weighted by molar-refractivity contribution is -0.141. The molecule has 1 N–H and O–H groups in total. The molecule has 2 aromatic rings. The Bertz CT molecular complexity index is 1290. The van der Waals surface area contributed by atoms with E-state index in [1.165, 1.54) is 9.21 Å². The molecule has 12 heteroatoms. The maximum Gasteiger partial charge on any atom is 0.242 e. The van der Waals surface area contributed by atoms with Crippen LogP contribution in [0.25, 0.3) is 0 Å². The van der Waals surface area contributed by atoms with Gasteiger partial charge in [-0.3, -0.25) is 13.9 Å². The van der Waals surface area contributed by atoms with E-state index < -0.39 is 16.1 Å². The number of carbonyl (C=O) groups excluding carboxylic acids is 2. The first-order valence-electron chi connectivity index (χ1n) is 13.4. The van der Waals surface area contributed by atoms with Gasteiger partial charge in [0.1, 0.15) is 19.3 Å². The fourth-order valence-corrected chi connectivity index (χ4v) is 5.73. The van der Waals surface area contributed by atoms with E-state index in [2.05, 4.69) is 5.32 Å². The highest BCUT2D eigenvalue weighted by molar-refractivity contribution is 7.92. The summed E-state index contributed by atoms with van der Waals surface area (Å²) in [5, 5.41) is 3.68. The summed E-state index contributed by atoms with van der Waals surface area (Å²) in [5.74, 6) is 0.540. The summed E-state index contributed by atoms with van der Waals surface area (Å²) in [6, 6.07) is 9.37. The number of ether oxygens (including phenoxy) is 2. The second-order valence-corrected chi connectivity index (χ2v) is 12.3. The summed E-state index contributed by atoms with van der Waals surface area (Å²) in [4.78, 5) is 28.2. The molecule has 0 aromatic heterocycles. The van der Waals surface area contributed by atoms with Crippen molar-refractivity contribution in [2.45, 2.75) is 58.5 Å². The Morgan fingerprint density at radius 1 is 1.00 bits per heavy atom. The number of unbranched alkanes of at least 4 members (excludes halogenated alkanes) is 1. The predicted molar refractivity (Wildman–Crippen MR) is 158 cm³/mol. The van der Waals surface area contributed by atoms with E-state index in [0.717, 1.165) is 24.7 Å². The van der Waals surface area contributed by atoms with Crippen LogP contribution in [0.5, 0.6) is 11.5 Å². The number of nitrogens with zero attached hydrogens (tertiary/aromatic N) is 2. The zero-order valence-electron chi connectivity index (χ0n) is 23.1. The normalized spacial score (nSPS) is 13.4. The molecule has 0 aliphatic carbocycles. The molecule has 1 aliphatic heterocycles. The number of hydrogen-bond acceptors (Lipinski definition) is 6. The van der Waals surface area contributed by atoms with Crippen LogP contribution in [0.1, 0.15) is 51.5 Å². The van der Waals surface area contributed by atoms with Crippen LogP contribution in [0.4, 0.5) is 5.69 Å². The highest BCUT2D eigenvalue weighted by Crippen LogP contribution is 2.35. The smallest absolute Gasteiger partial charge is 0.242 e. The van der Waals surface area contributed by atoms with Crippen molar-refractivity contribution in [2.24, 2.45) is 0 Å². The highest BCUT2D eigenvalue weighted by atomic mass is 35.5. The second kappa shape index (κ2) is 14.8. The van der Waals surface area contributed by atoms with Crippen LogP contribution in [-0.2, 0) is 26.2 Å². The first kappa shape index (κ1) is 31.8. The van der Waals surface area contributed by atoms with Crippen LogP contribution in [0.3, 0.4) is 0 Å². The minimum Gasteiger partial charge on any atom is -0.486 e. The predicted octanol–water partition coefficient (Wildman–Crippen LogP) is 5.03. The Labute approximate surface area is 246 Å². The molecule has 2 amide bonds. The van der Waals surface area contributed by atoms with E-state index in [1.54, 1.807) is 36.4 Å². The van der Waals surface area contributed by atoms with Gasteiger partial charge >= 0.3 is 0 Å². The maximum absolute atomic E-state index is 13.6.